The minimum atomic E-state index is -2.08. The van der Waals surface area contributed by atoms with Crippen molar-refractivity contribution in [2.45, 2.75) is 89.9 Å². The van der Waals surface area contributed by atoms with Gasteiger partial charge in [-0.15, -0.1) is 0 Å². The van der Waals surface area contributed by atoms with Crippen molar-refractivity contribution >= 4 is 30.8 Å². The normalized spacial score (nSPS) is 27.5. The van der Waals surface area contributed by atoms with E-state index in [-0.39, 0.29) is 5.82 Å². The molecule has 0 aromatic carbocycles. The lowest BCUT2D eigenvalue weighted by Crippen LogP contribution is -2.56. The molecule has 12 heteroatoms. The van der Waals surface area contributed by atoms with Crippen molar-refractivity contribution in [3.63, 3.8) is 0 Å². The van der Waals surface area contributed by atoms with Crippen LogP contribution in [0, 0.1) is 0 Å². The van der Waals surface area contributed by atoms with Crippen molar-refractivity contribution in [2.75, 3.05) is 12.1 Å². The van der Waals surface area contributed by atoms with Gasteiger partial charge in [-0.1, -0.05) is 0 Å². The second-order valence-electron chi connectivity index (χ2n) is 11.1. The lowest BCUT2D eigenvalue weighted by atomic mass is 9.96. The number of nitrogens with one attached hydrogen (secondary N) is 1. The topological polar surface area (TPSA) is 104 Å². The molecule has 0 bridgehead atoms. The summed E-state index contributed by atoms with van der Waals surface area (Å²) in [6, 6.07) is 1.51. The van der Waals surface area contributed by atoms with Crippen molar-refractivity contribution in [1.29, 1.82) is 0 Å². The first-order valence-corrected chi connectivity index (χ1v) is 20.8. The first-order chi connectivity index (χ1) is 14.0. The molecule has 0 aliphatic carbocycles. The van der Waals surface area contributed by atoms with Gasteiger partial charge in [0, 0.05) is 6.20 Å². The van der Waals surface area contributed by atoms with Crippen LogP contribution < -0.4 is 11.2 Å². The Bertz CT molecular complexity index is 818. The van der Waals surface area contributed by atoms with Gasteiger partial charge in [-0.05, 0) is 71.9 Å². The van der Waals surface area contributed by atoms with E-state index < -0.39 is 54.7 Å². The summed E-state index contributed by atoms with van der Waals surface area (Å²) < 4.78 is 27.4. The highest BCUT2D eigenvalue weighted by Crippen LogP contribution is 2.45. The van der Waals surface area contributed by atoms with E-state index in [4.69, 9.17) is 23.2 Å². The van der Waals surface area contributed by atoms with Crippen LogP contribution in [0.2, 0.25) is 58.9 Å². The average molecular weight is 490 g/mol. The van der Waals surface area contributed by atoms with E-state index >= 15 is 0 Å². The quantitative estimate of drug-likeness (QED) is 0.400. The molecule has 0 saturated carbocycles. The van der Waals surface area contributed by atoms with Crippen molar-refractivity contribution in [3.05, 3.63) is 22.7 Å². The number of ether oxygens (including phenoxy) is 1. The largest absolute Gasteiger partial charge is 0.415 e. The summed E-state index contributed by atoms with van der Waals surface area (Å²) in [5, 5.41) is 9.09. The Morgan fingerprint density at radius 3 is 2.19 bits per heavy atom. The van der Waals surface area contributed by atoms with Crippen molar-refractivity contribution in [1.82, 2.24) is 9.55 Å². The van der Waals surface area contributed by atoms with Gasteiger partial charge in [0.1, 0.15) is 17.8 Å². The molecule has 2 heterocycles. The van der Waals surface area contributed by atoms with Gasteiger partial charge >= 0.3 is 5.69 Å². The smallest absolute Gasteiger partial charge is 0.351 e. The van der Waals surface area contributed by atoms with Crippen LogP contribution in [0.15, 0.2) is 17.1 Å². The van der Waals surface area contributed by atoms with Crippen LogP contribution in [0.5, 0.6) is 0 Å². The van der Waals surface area contributed by atoms with Crippen LogP contribution in [0.3, 0.4) is 0 Å². The van der Waals surface area contributed by atoms with E-state index in [0.29, 0.717) is 6.61 Å². The fourth-order valence-electron chi connectivity index (χ4n) is 3.68. The predicted molar refractivity (Wildman–Crippen MR) is 128 cm³/mol. The molecule has 1 saturated heterocycles. The molecule has 4 atom stereocenters. The molecule has 1 aliphatic heterocycles. The summed E-state index contributed by atoms with van der Waals surface area (Å²) in [5.74, 6) is 0.0700. The van der Waals surface area contributed by atoms with Gasteiger partial charge in [0.25, 0.3) is 0 Å². The second-order valence-corrected chi connectivity index (χ2v) is 24.5. The van der Waals surface area contributed by atoms with E-state index in [1.165, 1.54) is 10.6 Å². The molecular weight excluding hydrogens is 450 g/mol. The van der Waals surface area contributed by atoms with Crippen molar-refractivity contribution < 1.29 is 23.2 Å². The fourth-order valence-corrected chi connectivity index (χ4v) is 7.03. The number of rotatable bonds is 9. The summed E-state index contributed by atoms with van der Waals surface area (Å²) >= 11 is 0. The third kappa shape index (κ3) is 7.05. The fraction of sp³-hybridized carbons (Fsp3) is 0.789. The second kappa shape index (κ2) is 9.17. The molecule has 178 valence electrons. The summed E-state index contributed by atoms with van der Waals surface area (Å²) in [5.41, 5.74) is 0.439. The summed E-state index contributed by atoms with van der Waals surface area (Å²) in [4.78, 5) is 16.6. The highest BCUT2D eigenvalue weighted by molar-refractivity contribution is 6.70. The summed E-state index contributed by atoms with van der Waals surface area (Å²) in [7, 11) is -5.88. The number of nitrogens with zero attached hydrogens (tertiary/aromatic N) is 2. The van der Waals surface area contributed by atoms with Crippen LogP contribution in [-0.2, 0) is 18.0 Å². The third-order valence-electron chi connectivity index (χ3n) is 4.58. The monoisotopic (exact) mass is 489 g/mol. The maximum atomic E-state index is 12.8. The van der Waals surface area contributed by atoms with E-state index in [2.05, 4.69) is 63.9 Å². The third-order valence-corrected chi connectivity index (χ3v) is 7.63. The minimum absolute atomic E-state index is 0.0700. The molecule has 1 fully saturated rings. The SMILES string of the molecule is CC1(O[Si](C)(C)C)[C@@H](O[Si](C)(C)C)[C@@H](CO[Si](C)(C)C)O[C@H]1n1ccc(NO)nc1=O. The maximum absolute atomic E-state index is 12.8. The first kappa shape index (κ1) is 26.4. The Morgan fingerprint density at radius 2 is 1.74 bits per heavy atom. The van der Waals surface area contributed by atoms with Gasteiger partial charge in [-0.3, -0.25) is 15.3 Å². The molecule has 0 spiro atoms. The molecule has 0 amide bonds. The lowest BCUT2D eigenvalue weighted by molar-refractivity contribution is -0.0859. The van der Waals surface area contributed by atoms with E-state index in [9.17, 15) is 4.79 Å². The predicted octanol–water partition coefficient (Wildman–Crippen LogP) is 3.62. The Morgan fingerprint density at radius 1 is 1.13 bits per heavy atom. The number of hydrogen-bond acceptors (Lipinski definition) is 8. The molecule has 9 nitrogen and oxygen atoms in total. The Hall–Kier alpha value is -0.869. The molecule has 1 aromatic rings. The summed E-state index contributed by atoms with van der Waals surface area (Å²) in [6.45, 7) is 21.4. The van der Waals surface area contributed by atoms with E-state index in [0.717, 1.165) is 0 Å². The summed E-state index contributed by atoms with van der Waals surface area (Å²) in [6.07, 6.45) is 0.00298. The maximum Gasteiger partial charge on any atom is 0.351 e. The zero-order valence-electron chi connectivity index (χ0n) is 20.5. The van der Waals surface area contributed by atoms with Gasteiger partial charge < -0.3 is 18.0 Å². The highest BCUT2D eigenvalue weighted by atomic mass is 28.4. The van der Waals surface area contributed by atoms with Crippen LogP contribution in [0.25, 0.3) is 0 Å². The molecule has 2 N–H and O–H groups in total. The Balaban J connectivity index is 2.57. The molecular formula is C19H39N3O6Si3. The Kier molecular flexibility index (Phi) is 7.81. The number of aromatic nitrogens is 2. The molecule has 31 heavy (non-hydrogen) atoms. The van der Waals surface area contributed by atoms with Gasteiger partial charge in [-0.2, -0.15) is 4.98 Å². The van der Waals surface area contributed by atoms with E-state index in [1.54, 1.807) is 6.20 Å². The standard InChI is InChI=1S/C19H39N3O6Si3/c1-19(28-31(8,9)10)16(27-30(5,6)7)14(13-25-29(2,3)4)26-17(19)22-12-11-15(21-24)20-18(22)23/h11-12,14,16-17,24H,13H2,1-10H3,(H,20,21,23)/t14-,16+,17-,19?/m1/s1. The minimum Gasteiger partial charge on any atom is -0.415 e. The van der Waals surface area contributed by atoms with Crippen molar-refractivity contribution in [2.24, 2.45) is 0 Å². The van der Waals surface area contributed by atoms with Crippen LogP contribution in [0.4, 0.5) is 5.82 Å². The Labute approximate surface area is 188 Å². The van der Waals surface area contributed by atoms with Crippen LogP contribution in [-0.4, -0.2) is 64.1 Å². The first-order valence-electron chi connectivity index (χ1n) is 10.6. The van der Waals surface area contributed by atoms with Gasteiger partial charge in [0.2, 0.25) is 0 Å². The molecule has 1 unspecified atom stereocenters. The number of anilines is 1. The van der Waals surface area contributed by atoms with Crippen LogP contribution in [0.1, 0.15) is 13.2 Å². The van der Waals surface area contributed by atoms with Gasteiger partial charge in [-0.25, -0.2) is 4.79 Å². The zero-order chi connectivity index (χ0) is 23.8. The molecule has 1 aromatic heterocycles. The van der Waals surface area contributed by atoms with Gasteiger partial charge in [0.15, 0.2) is 37.0 Å². The highest BCUT2D eigenvalue weighted by Gasteiger charge is 2.59. The van der Waals surface area contributed by atoms with E-state index in [1.807, 2.05) is 12.4 Å². The van der Waals surface area contributed by atoms with Crippen LogP contribution >= 0.6 is 0 Å². The lowest BCUT2D eigenvalue weighted by Gasteiger charge is -2.42. The zero-order valence-corrected chi connectivity index (χ0v) is 23.5. The van der Waals surface area contributed by atoms with Gasteiger partial charge in [0.05, 0.1) is 6.61 Å². The molecule has 1 aliphatic rings. The molecule has 0 radical (unpaired) electrons. The van der Waals surface area contributed by atoms with Crippen molar-refractivity contribution in [3.8, 4) is 0 Å². The number of hydrogen-bond donors (Lipinski definition) is 2. The average Bonchev–Trinajstić information content (AvgIpc) is 2.81. The molecule has 2 rings (SSSR count).